The fourth-order valence-corrected chi connectivity index (χ4v) is 4.70. The monoisotopic (exact) mass is 378 g/mol. The highest BCUT2D eigenvalue weighted by Gasteiger charge is 2.43. The Morgan fingerprint density at radius 2 is 1.64 bits per heavy atom. The molecular formula is C25H34N2O. The molecule has 0 aromatic heterocycles. The third-order valence-corrected chi connectivity index (χ3v) is 6.32. The Bertz CT molecular complexity index is 696. The van der Waals surface area contributed by atoms with E-state index in [4.69, 9.17) is 0 Å². The van der Waals surface area contributed by atoms with Gasteiger partial charge in [0.25, 0.3) is 0 Å². The van der Waals surface area contributed by atoms with Crippen LogP contribution in [-0.4, -0.2) is 43.4 Å². The number of hydrogen-bond acceptors (Lipinski definition) is 3. The summed E-state index contributed by atoms with van der Waals surface area (Å²) in [5.74, 6) is 0.302. The summed E-state index contributed by atoms with van der Waals surface area (Å²) in [6.07, 6.45) is 4.90. The van der Waals surface area contributed by atoms with Crippen molar-refractivity contribution in [1.29, 1.82) is 0 Å². The molecule has 150 valence electrons. The maximum atomic E-state index is 13.6. The van der Waals surface area contributed by atoms with Crippen molar-refractivity contribution in [3.05, 3.63) is 71.8 Å². The molecule has 1 aliphatic heterocycles. The zero-order chi connectivity index (χ0) is 20.0. The number of nitrogens with zero attached hydrogens (tertiary/aromatic N) is 1. The molecule has 3 rings (SSSR count). The van der Waals surface area contributed by atoms with Gasteiger partial charge in [0.05, 0.1) is 5.41 Å². The smallest absolute Gasteiger partial charge is 0.147 e. The Hall–Kier alpha value is -1.97. The van der Waals surface area contributed by atoms with E-state index in [2.05, 4.69) is 72.8 Å². The Labute approximate surface area is 170 Å². The molecule has 3 heteroatoms. The molecule has 2 atom stereocenters. The number of benzene rings is 2. The Kier molecular flexibility index (Phi) is 7.03. The van der Waals surface area contributed by atoms with Gasteiger partial charge in [-0.05, 0) is 57.5 Å². The van der Waals surface area contributed by atoms with Gasteiger partial charge in [0.2, 0.25) is 0 Å². The molecule has 2 aromatic carbocycles. The lowest BCUT2D eigenvalue weighted by atomic mass is 9.66. The Morgan fingerprint density at radius 3 is 2.07 bits per heavy atom. The lowest BCUT2D eigenvalue weighted by molar-refractivity contribution is -0.123. The zero-order valence-electron chi connectivity index (χ0n) is 17.5. The van der Waals surface area contributed by atoms with E-state index in [0.717, 1.165) is 30.5 Å². The molecule has 1 aliphatic rings. The van der Waals surface area contributed by atoms with Gasteiger partial charge in [-0.15, -0.1) is 0 Å². The molecule has 0 aliphatic carbocycles. The summed E-state index contributed by atoms with van der Waals surface area (Å²) in [5, 5.41) is 3.64. The third kappa shape index (κ3) is 4.37. The highest BCUT2D eigenvalue weighted by atomic mass is 16.1. The molecule has 0 radical (unpaired) electrons. The number of rotatable bonds is 9. The number of Topliss-reactive ketones (excluding diaryl/α,β-unsaturated/α-hetero) is 1. The van der Waals surface area contributed by atoms with Crippen molar-refractivity contribution in [1.82, 2.24) is 10.2 Å². The van der Waals surface area contributed by atoms with Crippen molar-refractivity contribution in [2.75, 3.05) is 20.6 Å². The van der Waals surface area contributed by atoms with Crippen LogP contribution in [0.1, 0.15) is 50.2 Å². The highest BCUT2D eigenvalue weighted by molar-refractivity contribution is 5.93. The summed E-state index contributed by atoms with van der Waals surface area (Å²) in [6.45, 7) is 3.10. The lowest BCUT2D eigenvalue weighted by Gasteiger charge is -2.39. The maximum Gasteiger partial charge on any atom is 0.147 e. The van der Waals surface area contributed by atoms with E-state index < -0.39 is 5.41 Å². The molecule has 1 heterocycles. The standard InChI is InChI=1S/C25H34N2O/c1-4-24(28)25(20-12-7-5-8-13-20,21-14-9-6-10-15-21)19-23(27(2)3)18-22-16-11-17-26-22/h5-10,12-15,22-23,26H,4,11,16-19H2,1-3H3/t22?,23-/m0/s1. The molecule has 2 aromatic rings. The average molecular weight is 379 g/mol. The van der Waals surface area contributed by atoms with Crippen LogP contribution < -0.4 is 5.32 Å². The molecule has 1 unspecified atom stereocenters. The van der Waals surface area contributed by atoms with Crippen LogP contribution in [0, 0.1) is 0 Å². The van der Waals surface area contributed by atoms with E-state index in [1.807, 2.05) is 19.1 Å². The molecule has 1 N–H and O–H groups in total. The van der Waals surface area contributed by atoms with Crippen LogP contribution in [-0.2, 0) is 10.2 Å². The predicted molar refractivity (Wildman–Crippen MR) is 117 cm³/mol. The van der Waals surface area contributed by atoms with E-state index in [1.165, 1.54) is 12.8 Å². The van der Waals surface area contributed by atoms with Gasteiger partial charge in [-0.25, -0.2) is 0 Å². The van der Waals surface area contributed by atoms with Gasteiger partial charge in [0.15, 0.2) is 0 Å². The fraction of sp³-hybridized carbons (Fsp3) is 0.480. The van der Waals surface area contributed by atoms with Gasteiger partial charge in [-0.3, -0.25) is 4.79 Å². The van der Waals surface area contributed by atoms with E-state index >= 15 is 0 Å². The quantitative estimate of drug-likeness (QED) is 0.701. The topological polar surface area (TPSA) is 32.3 Å². The van der Waals surface area contributed by atoms with Gasteiger partial charge >= 0.3 is 0 Å². The molecular weight excluding hydrogens is 344 g/mol. The van der Waals surface area contributed by atoms with Crippen molar-refractivity contribution in [2.45, 2.75) is 56.5 Å². The first-order chi connectivity index (χ1) is 13.6. The van der Waals surface area contributed by atoms with E-state index in [9.17, 15) is 4.79 Å². The second-order valence-electron chi connectivity index (χ2n) is 8.26. The molecule has 28 heavy (non-hydrogen) atoms. The van der Waals surface area contributed by atoms with Crippen molar-refractivity contribution in [2.24, 2.45) is 0 Å². The molecule has 0 saturated carbocycles. The molecule has 1 fully saturated rings. The summed E-state index contributed by atoms with van der Waals surface area (Å²) >= 11 is 0. The predicted octanol–water partition coefficient (Wildman–Crippen LogP) is 4.41. The summed E-state index contributed by atoms with van der Waals surface area (Å²) in [4.78, 5) is 15.9. The number of carbonyl (C=O) groups excluding carboxylic acids is 1. The van der Waals surface area contributed by atoms with Crippen LogP contribution in [0.4, 0.5) is 0 Å². The van der Waals surface area contributed by atoms with Gasteiger partial charge in [-0.2, -0.15) is 0 Å². The summed E-state index contributed by atoms with van der Waals surface area (Å²) in [5.41, 5.74) is 1.61. The first-order valence-electron chi connectivity index (χ1n) is 10.6. The van der Waals surface area contributed by atoms with E-state index in [1.54, 1.807) is 0 Å². The van der Waals surface area contributed by atoms with E-state index in [0.29, 0.717) is 24.3 Å². The van der Waals surface area contributed by atoms with Gasteiger partial charge in [0.1, 0.15) is 5.78 Å². The number of hydrogen-bond donors (Lipinski definition) is 1. The van der Waals surface area contributed by atoms with Crippen LogP contribution in [0.15, 0.2) is 60.7 Å². The maximum absolute atomic E-state index is 13.6. The number of nitrogens with one attached hydrogen (secondary N) is 1. The summed E-state index contributed by atoms with van der Waals surface area (Å²) in [6, 6.07) is 21.7. The summed E-state index contributed by atoms with van der Waals surface area (Å²) in [7, 11) is 4.30. The van der Waals surface area contributed by atoms with Crippen LogP contribution in [0.2, 0.25) is 0 Å². The second-order valence-corrected chi connectivity index (χ2v) is 8.26. The van der Waals surface area contributed by atoms with Crippen molar-refractivity contribution >= 4 is 5.78 Å². The number of carbonyl (C=O) groups is 1. The minimum Gasteiger partial charge on any atom is -0.314 e. The van der Waals surface area contributed by atoms with Crippen LogP contribution in [0.3, 0.4) is 0 Å². The molecule has 0 spiro atoms. The molecule has 3 nitrogen and oxygen atoms in total. The summed E-state index contributed by atoms with van der Waals surface area (Å²) < 4.78 is 0. The lowest BCUT2D eigenvalue weighted by Crippen LogP contribution is -2.45. The van der Waals surface area contributed by atoms with Crippen LogP contribution >= 0.6 is 0 Å². The first kappa shape index (κ1) is 20.8. The first-order valence-corrected chi connectivity index (χ1v) is 10.6. The minimum atomic E-state index is -0.606. The highest BCUT2D eigenvalue weighted by Crippen LogP contribution is 2.40. The third-order valence-electron chi connectivity index (χ3n) is 6.32. The van der Waals surface area contributed by atoms with Crippen molar-refractivity contribution in [3.63, 3.8) is 0 Å². The molecule has 0 amide bonds. The molecule has 0 bridgehead atoms. The van der Waals surface area contributed by atoms with Crippen LogP contribution in [0.5, 0.6) is 0 Å². The zero-order valence-corrected chi connectivity index (χ0v) is 17.5. The van der Waals surface area contributed by atoms with E-state index in [-0.39, 0.29) is 0 Å². The largest absolute Gasteiger partial charge is 0.314 e. The Balaban J connectivity index is 2.07. The van der Waals surface area contributed by atoms with Gasteiger partial charge in [0, 0.05) is 18.5 Å². The Morgan fingerprint density at radius 1 is 1.07 bits per heavy atom. The normalized spacial score (nSPS) is 18.4. The van der Waals surface area contributed by atoms with Crippen molar-refractivity contribution in [3.8, 4) is 0 Å². The molecule has 1 saturated heterocycles. The minimum absolute atomic E-state index is 0.302. The number of ketones is 1. The fourth-order valence-electron chi connectivity index (χ4n) is 4.70. The SMILES string of the molecule is CCC(=O)C(C[C@H](CC1CCCN1)N(C)C)(c1ccccc1)c1ccccc1. The van der Waals surface area contributed by atoms with Gasteiger partial charge < -0.3 is 10.2 Å². The average Bonchev–Trinajstić information content (AvgIpc) is 3.25. The van der Waals surface area contributed by atoms with Gasteiger partial charge in [-0.1, -0.05) is 67.6 Å². The van der Waals surface area contributed by atoms with Crippen LogP contribution in [0.25, 0.3) is 0 Å². The second kappa shape index (κ2) is 9.49. The van der Waals surface area contributed by atoms with Crippen molar-refractivity contribution < 1.29 is 4.79 Å².